The zero-order valence-electron chi connectivity index (χ0n) is 72.7. The summed E-state index contributed by atoms with van der Waals surface area (Å²) in [4.78, 5) is 213. The van der Waals surface area contributed by atoms with Gasteiger partial charge in [-0.25, -0.2) is 0 Å². The van der Waals surface area contributed by atoms with E-state index in [1.54, 1.807) is 0 Å². The minimum atomic E-state index is -2.42. The molecule has 21 aliphatic rings. The van der Waals surface area contributed by atoms with Gasteiger partial charge in [0.25, 0.3) is 0 Å². The van der Waals surface area contributed by atoms with E-state index < -0.39 is 344 Å². The van der Waals surface area contributed by atoms with Crippen molar-refractivity contribution in [1.29, 1.82) is 0 Å². The van der Waals surface area contributed by atoms with Gasteiger partial charge in [0, 0.05) is 131 Å². The third kappa shape index (κ3) is 28.6. The zero-order valence-corrected chi connectivity index (χ0v) is 72.7. The first-order valence-corrected chi connectivity index (χ1v) is 39.8. The van der Waals surface area contributed by atoms with Gasteiger partial charge < -0.3 is 133 Å². The van der Waals surface area contributed by atoms with Gasteiger partial charge >= 0.3 is 83.6 Å². The lowest BCUT2D eigenvalue weighted by Crippen LogP contribution is -2.70. The maximum atomic E-state index is 13.8. The highest BCUT2D eigenvalue weighted by Crippen LogP contribution is 2.45. The van der Waals surface area contributed by atoms with Gasteiger partial charge in [-0.3, -0.25) is 67.1 Å². The number of rotatable bonds is 28. The van der Waals surface area contributed by atoms with Crippen molar-refractivity contribution < 1.29 is 200 Å². The average Bonchev–Trinajstić information content (AvgIpc) is 0.854. The van der Waals surface area contributed by atoms with E-state index in [9.17, 15) is 106 Å². The molecule has 0 aromatic heterocycles. The number of esters is 14. The highest BCUT2D eigenvalue weighted by atomic mass is 16.8. The van der Waals surface area contributed by atoms with Crippen LogP contribution < -0.4 is 0 Å². The fraction of sp³-hybridized carbons (Fsp3) is 0.800. The van der Waals surface area contributed by atoms with E-state index in [-0.39, 0.29) is 0 Å². The molecule has 14 bridgehead atoms. The van der Waals surface area contributed by atoms with Crippen molar-refractivity contribution in [2.45, 2.75) is 312 Å². The summed E-state index contributed by atoms with van der Waals surface area (Å²) in [5.74, 6) is -18.1. The van der Waals surface area contributed by atoms with Crippen LogP contribution in [0.2, 0.25) is 0 Å². The van der Waals surface area contributed by atoms with Crippen molar-refractivity contribution in [1.82, 2.24) is 0 Å². The van der Waals surface area contributed by atoms with Crippen molar-refractivity contribution in [2.75, 3.05) is 45.8 Å². The average molecular weight is 1900 g/mol. The molecule has 0 aromatic rings. The molecule has 21 heterocycles. The topological polar surface area (TPSA) is 839 Å². The highest BCUT2D eigenvalue weighted by molar-refractivity contribution is 5.72. The number of carbonyl (C=O) groups excluding carboxylic acids is 14. The predicted octanol–water partition coefficient (Wildman–Crippen LogP) is 1.99. The fourth-order valence-corrected chi connectivity index (χ4v) is 15.5. The number of hydrogen-bond acceptors (Lipinski definition) is 49. The Morgan fingerprint density at radius 1 is 0.173 bits per heavy atom. The van der Waals surface area contributed by atoms with Crippen LogP contribution in [0.15, 0.2) is 35.8 Å². The normalized spacial score (nSPS) is 35.6. The molecule has 0 N–H and O–H groups in total. The van der Waals surface area contributed by atoms with E-state index in [0.717, 1.165) is 96.9 Å². The van der Waals surface area contributed by atoms with Crippen LogP contribution in [0.1, 0.15) is 96.9 Å². The van der Waals surface area contributed by atoms with Crippen molar-refractivity contribution >= 4 is 83.6 Å². The molecule has 21 aliphatic heterocycles. The van der Waals surface area contributed by atoms with Gasteiger partial charge in [0.1, 0.15) is 42.7 Å². The smallest absolute Gasteiger partial charge is 0.303 e. The Labute approximate surface area is 747 Å². The first-order valence-electron chi connectivity index (χ1n) is 39.8. The lowest BCUT2D eigenvalue weighted by molar-refractivity contribution is -0.391. The van der Waals surface area contributed by atoms with Gasteiger partial charge in [0.05, 0.1) is 88.5 Å². The molecule has 0 spiro atoms. The molecule has 133 heavy (non-hydrogen) atoms. The molecule has 0 unspecified atom stereocenters. The Balaban J connectivity index is 1.49. The molecule has 728 valence electrons. The summed E-state index contributed by atoms with van der Waals surface area (Å²) in [5.41, 5.74) is 70.3. The van der Waals surface area contributed by atoms with E-state index in [4.69, 9.17) is 133 Å². The van der Waals surface area contributed by atoms with Crippen LogP contribution in [-0.4, -0.2) is 344 Å². The van der Waals surface area contributed by atoms with Gasteiger partial charge in [0.15, 0.2) is 129 Å². The number of nitrogens with zero attached hydrogens (tertiary/aromatic N) is 21. The Morgan fingerprint density at radius 3 is 0.346 bits per heavy atom. The maximum Gasteiger partial charge on any atom is 0.303 e. The monoisotopic (exact) mass is 1900 g/mol. The molecular formula is C70H91N21O42. The molecule has 21 saturated heterocycles. The summed E-state index contributed by atoms with van der Waals surface area (Å²) >= 11 is 0. The minimum absolute atomic E-state index is 0.796. The van der Waals surface area contributed by atoms with Crippen LogP contribution >= 0.6 is 0 Å². The lowest BCUT2D eigenvalue weighted by atomic mass is 9.94. The van der Waals surface area contributed by atoms with Gasteiger partial charge in [-0.15, -0.1) is 0 Å². The third-order valence-corrected chi connectivity index (χ3v) is 19.7. The molecule has 21 fully saturated rings. The quantitative estimate of drug-likeness (QED) is 0.0355. The maximum absolute atomic E-state index is 13.8. The lowest BCUT2D eigenvalue weighted by Gasteiger charge is -2.52. The summed E-state index contributed by atoms with van der Waals surface area (Å²) in [5, 5.41) is 25.5. The molecule has 0 aromatic carbocycles. The summed E-state index contributed by atoms with van der Waals surface area (Å²) in [7, 11) is 0. The number of hydrogen-bond donors (Lipinski definition) is 0. The van der Waals surface area contributed by atoms with Crippen molar-refractivity contribution in [3.8, 4) is 0 Å². The van der Waals surface area contributed by atoms with Crippen LogP contribution in [0, 0.1) is 0 Å². The first kappa shape index (κ1) is 106. The highest BCUT2D eigenvalue weighted by Gasteiger charge is 2.66. The van der Waals surface area contributed by atoms with E-state index in [1.165, 1.54) is 0 Å². The Bertz CT molecular complexity index is 3830. The van der Waals surface area contributed by atoms with Crippen LogP contribution in [0.3, 0.4) is 0 Å². The summed E-state index contributed by atoms with van der Waals surface area (Å²) in [6, 6.07) is 0. The van der Waals surface area contributed by atoms with Crippen LogP contribution in [0.25, 0.3) is 73.1 Å². The standard InChI is InChI=1S/C70H91N21O42/c1-22(92)106-50-43-36(15-78-85-71)120-64(57(50)113-29(8)99)128-44-37(16-79-86-72)122-66(59(115-31(10)101)51(44)107-23(2)93)130-46-39(18-81-88-74)124-68(61(117-33(12)103)53(46)109-25(4)95)132-48-41(20-83-90-76)126-70(63(119-35(14)105)55(48)111-27(6)97)133-49-42(21-84-91-77)125-69(62(118-34(13)104)56(49)112-28(7)98)131-47-40(19-82-89-75)123-67(60(116-32(11)102)54(47)110-26(5)96)129-45-38(17-80-87-73)121-65(127-43)58(114-30(9)100)52(45)108-24(3)94/h36-70H,15-21H2,1-14H3/t36-,37-,38-,39-,40-,41-,42-,43-,44-,45-,46-,47-,48-,49-,50+,51+,52+,53+,54+,55+,56+,57-,58-,59-,60-,61-,62-,63-,64-,65-,66-,67-,68-,69-,70-/m1/s1. The first-order chi connectivity index (χ1) is 63.2. The zero-order chi connectivity index (χ0) is 97.9. The van der Waals surface area contributed by atoms with Crippen molar-refractivity contribution in [2.24, 2.45) is 35.8 Å². The second-order valence-electron chi connectivity index (χ2n) is 29.4. The molecule has 35 atom stereocenters. The third-order valence-electron chi connectivity index (χ3n) is 19.7. The molecule has 63 nitrogen and oxygen atoms in total. The second kappa shape index (κ2) is 49.6. The molecule has 0 radical (unpaired) electrons. The number of carbonyl (C=O) groups is 14. The fourth-order valence-electron chi connectivity index (χ4n) is 15.5. The second-order valence-corrected chi connectivity index (χ2v) is 29.4. The van der Waals surface area contributed by atoms with Crippen LogP contribution in [-0.2, 0) is 200 Å². The van der Waals surface area contributed by atoms with Gasteiger partial charge in [-0.1, -0.05) is 35.8 Å². The molecule has 0 aliphatic carbocycles. The van der Waals surface area contributed by atoms with E-state index in [0.29, 0.717) is 0 Å². The summed E-state index contributed by atoms with van der Waals surface area (Å²) in [6.07, 6.45) is -79.7. The Hall–Kier alpha value is -12.8. The number of azide groups is 7. The Kier molecular flexibility index (Phi) is 39.4. The molecule has 0 saturated carbocycles. The van der Waals surface area contributed by atoms with Gasteiger partial charge in [-0.2, -0.15) is 0 Å². The molecule has 63 heteroatoms. The minimum Gasteiger partial charge on any atom is -0.455 e. The number of ether oxygens (including phenoxy) is 28. The van der Waals surface area contributed by atoms with Crippen molar-refractivity contribution in [3.05, 3.63) is 73.1 Å². The Morgan fingerprint density at radius 2 is 0.263 bits per heavy atom. The SMILES string of the molecule is CC(=O)O[C@@H]1[C@@H](OC(C)=O)[C@H]2O[C@H]3[C@H](OC(C)=O)[C@@H](OC(C)=O)[C@@H](O[C@H]4[C@H](OC(C)=O)[C@@H](OC(C)=O)[C@@H](O[C@H]5[C@H](OC(C)=O)[C@@H](OC(C)=O)[C@@H](O[C@H]6[C@H](OC(C)=O)[C@@H](OC(C)=O)[C@@H](O[C@H]7[C@H](OC(C)=O)[C@@H](OC(C)=O)[C@@H](O[C@H]8[C@H](OC(C)=O)[C@@H](OC(C)=O)[C@@H](O[C@@H]1[C@@H](CN=[N+]=[N-])O2)O[C@@H]8CN=[N+]=[N-])O[C@@H]7CN=[N+]=[N-])O[C@@H]6CN=[N+]=[N-])O[C@@H]5CN=[N+]=[N-])O[C@@H]4CN=[N+]=[N-])O[C@@H]3CN=[N+]=[N-]. The molecular weight excluding hydrogens is 1810 g/mol. The summed E-state index contributed by atoms with van der Waals surface area (Å²) in [6.45, 7) is 3.94. The van der Waals surface area contributed by atoms with Gasteiger partial charge in [-0.05, 0) is 38.7 Å². The van der Waals surface area contributed by atoms with E-state index in [2.05, 4.69) is 70.2 Å². The van der Waals surface area contributed by atoms with E-state index in [1.807, 2.05) is 0 Å². The summed E-state index contributed by atoms with van der Waals surface area (Å²) < 4.78 is 174. The molecule has 0 amide bonds. The van der Waals surface area contributed by atoms with Gasteiger partial charge in [0.2, 0.25) is 0 Å². The van der Waals surface area contributed by atoms with E-state index >= 15 is 0 Å². The van der Waals surface area contributed by atoms with Crippen LogP contribution in [0.5, 0.6) is 0 Å². The van der Waals surface area contributed by atoms with Crippen molar-refractivity contribution in [3.63, 3.8) is 0 Å². The molecule has 21 rings (SSSR count). The predicted molar refractivity (Wildman–Crippen MR) is 411 cm³/mol. The largest absolute Gasteiger partial charge is 0.455 e. The van der Waals surface area contributed by atoms with Crippen LogP contribution in [0.4, 0.5) is 0 Å².